The maximum absolute atomic E-state index is 12.6. The van der Waals surface area contributed by atoms with Crippen LogP contribution < -0.4 is 0 Å². The van der Waals surface area contributed by atoms with Crippen LogP contribution in [0.1, 0.15) is 35.3 Å². The summed E-state index contributed by atoms with van der Waals surface area (Å²) in [6.07, 6.45) is 10.6. The Hall–Kier alpha value is -1.90. The molecule has 0 radical (unpaired) electrons. The van der Waals surface area contributed by atoms with Gasteiger partial charge in [0.2, 0.25) is 0 Å². The van der Waals surface area contributed by atoms with Crippen molar-refractivity contribution >= 4 is 5.91 Å². The summed E-state index contributed by atoms with van der Waals surface area (Å²) in [6, 6.07) is 3.98. The maximum Gasteiger partial charge on any atom is 0.256 e. The Morgan fingerprint density at radius 3 is 3.11 bits per heavy atom. The zero-order chi connectivity index (χ0) is 12.8. The zero-order valence-electron chi connectivity index (χ0n) is 10.8. The summed E-state index contributed by atoms with van der Waals surface area (Å²) in [4.78, 5) is 19.0. The van der Waals surface area contributed by atoms with E-state index in [9.17, 15) is 4.79 Å². The maximum atomic E-state index is 12.6. The van der Waals surface area contributed by atoms with E-state index in [-0.39, 0.29) is 11.9 Å². The lowest BCUT2D eigenvalue weighted by Crippen LogP contribution is -2.50. The minimum atomic E-state index is 0.157. The number of pyridine rings is 1. The van der Waals surface area contributed by atoms with Gasteiger partial charge >= 0.3 is 0 Å². The van der Waals surface area contributed by atoms with Crippen molar-refractivity contribution in [3.63, 3.8) is 0 Å². The van der Waals surface area contributed by atoms with Gasteiger partial charge in [-0.1, -0.05) is 12.2 Å². The molecule has 1 saturated heterocycles. The van der Waals surface area contributed by atoms with E-state index in [1.165, 1.54) is 11.1 Å². The molecular formula is C16H16N2O. The van der Waals surface area contributed by atoms with Gasteiger partial charge < -0.3 is 4.90 Å². The van der Waals surface area contributed by atoms with Crippen molar-refractivity contribution < 1.29 is 4.79 Å². The van der Waals surface area contributed by atoms with Crippen molar-refractivity contribution in [1.29, 1.82) is 0 Å². The number of hydrogen-bond acceptors (Lipinski definition) is 2. The molecule has 0 N–H and O–H groups in total. The molecule has 4 rings (SSSR count). The second kappa shape index (κ2) is 4.05. The third kappa shape index (κ3) is 1.57. The molecule has 2 aliphatic heterocycles. The molecule has 96 valence electrons. The first-order valence-electron chi connectivity index (χ1n) is 6.99. The molecule has 0 bridgehead atoms. The number of hydrogen-bond donors (Lipinski definition) is 0. The summed E-state index contributed by atoms with van der Waals surface area (Å²) >= 11 is 0. The second-order valence-corrected chi connectivity index (χ2v) is 5.43. The molecular weight excluding hydrogens is 236 g/mol. The van der Waals surface area contributed by atoms with E-state index in [4.69, 9.17) is 0 Å². The molecule has 3 heteroatoms. The highest BCUT2D eigenvalue weighted by molar-refractivity contribution is 5.97. The lowest BCUT2D eigenvalue weighted by molar-refractivity contribution is 0.0664. The summed E-state index contributed by atoms with van der Waals surface area (Å²) < 4.78 is 0. The van der Waals surface area contributed by atoms with Gasteiger partial charge in [0.1, 0.15) is 0 Å². The van der Waals surface area contributed by atoms with Crippen molar-refractivity contribution in [1.82, 2.24) is 9.88 Å². The first kappa shape index (κ1) is 11.0. The van der Waals surface area contributed by atoms with E-state index in [1.54, 1.807) is 6.20 Å². The Morgan fingerprint density at radius 2 is 2.16 bits per heavy atom. The van der Waals surface area contributed by atoms with Gasteiger partial charge in [-0.15, -0.1) is 0 Å². The van der Waals surface area contributed by atoms with Crippen LogP contribution in [0.3, 0.4) is 0 Å². The first-order valence-corrected chi connectivity index (χ1v) is 6.99. The number of carbonyl (C=O) groups excluding carboxylic acids is 1. The lowest BCUT2D eigenvalue weighted by atomic mass is 9.81. The molecule has 1 atom stereocenters. The van der Waals surface area contributed by atoms with Gasteiger partial charge in [0.15, 0.2) is 0 Å². The van der Waals surface area contributed by atoms with Crippen molar-refractivity contribution in [3.8, 4) is 0 Å². The Morgan fingerprint density at radius 1 is 1.26 bits per heavy atom. The number of fused-ring (bicyclic) bond motifs is 4. The molecule has 0 spiro atoms. The summed E-state index contributed by atoms with van der Waals surface area (Å²) in [5.41, 5.74) is 4.59. The van der Waals surface area contributed by atoms with Crippen molar-refractivity contribution in [3.05, 3.63) is 52.9 Å². The van der Waals surface area contributed by atoms with Crippen LogP contribution >= 0.6 is 0 Å². The van der Waals surface area contributed by atoms with Gasteiger partial charge in [0.05, 0.1) is 17.3 Å². The fourth-order valence-corrected chi connectivity index (χ4v) is 3.50. The molecule has 0 saturated carbocycles. The molecule has 3 nitrogen and oxygen atoms in total. The molecule has 0 aromatic carbocycles. The summed E-state index contributed by atoms with van der Waals surface area (Å²) in [5.74, 6) is 0.157. The molecule has 1 aromatic rings. The Bertz CT molecular complexity index is 615. The van der Waals surface area contributed by atoms with Crippen molar-refractivity contribution in [2.75, 3.05) is 6.54 Å². The van der Waals surface area contributed by atoms with E-state index >= 15 is 0 Å². The van der Waals surface area contributed by atoms with E-state index in [0.29, 0.717) is 0 Å². The topological polar surface area (TPSA) is 33.2 Å². The van der Waals surface area contributed by atoms with E-state index in [1.807, 2.05) is 17.0 Å². The van der Waals surface area contributed by atoms with E-state index < -0.39 is 0 Å². The van der Waals surface area contributed by atoms with Gasteiger partial charge in [-0.2, -0.15) is 0 Å². The van der Waals surface area contributed by atoms with Crippen LogP contribution in [0, 0.1) is 0 Å². The normalized spacial score (nSPS) is 24.9. The van der Waals surface area contributed by atoms with Crippen molar-refractivity contribution in [2.24, 2.45) is 0 Å². The summed E-state index contributed by atoms with van der Waals surface area (Å²) in [5, 5.41) is 0. The third-order valence-corrected chi connectivity index (χ3v) is 4.42. The summed E-state index contributed by atoms with van der Waals surface area (Å²) in [7, 11) is 0. The highest BCUT2D eigenvalue weighted by Crippen LogP contribution is 2.36. The van der Waals surface area contributed by atoms with Crippen LogP contribution in [0.5, 0.6) is 0 Å². The second-order valence-electron chi connectivity index (χ2n) is 5.43. The average molecular weight is 252 g/mol. The van der Waals surface area contributed by atoms with Crippen LogP contribution in [0.2, 0.25) is 0 Å². The van der Waals surface area contributed by atoms with Crippen molar-refractivity contribution in [2.45, 2.75) is 31.7 Å². The van der Waals surface area contributed by atoms with Crippen LogP contribution in [0.4, 0.5) is 0 Å². The minimum absolute atomic E-state index is 0.157. The predicted molar refractivity (Wildman–Crippen MR) is 72.8 cm³/mol. The molecule has 1 aliphatic carbocycles. The molecule has 19 heavy (non-hydrogen) atoms. The lowest BCUT2D eigenvalue weighted by Gasteiger charge is -2.43. The number of allylic oxidation sites excluding steroid dienone is 2. The monoisotopic (exact) mass is 252 g/mol. The number of nitrogens with zero attached hydrogens (tertiary/aromatic N) is 2. The number of rotatable bonds is 0. The SMILES string of the molecule is O=C1c2cccnc2CC2C3=CCCC=C3CCN12. The van der Waals surface area contributed by atoms with Gasteiger partial charge in [-0.05, 0) is 42.5 Å². The highest BCUT2D eigenvalue weighted by atomic mass is 16.2. The molecule has 1 fully saturated rings. The number of aromatic nitrogens is 1. The number of carbonyl (C=O) groups is 1. The first-order chi connectivity index (χ1) is 9.34. The van der Waals surface area contributed by atoms with E-state index in [0.717, 1.165) is 43.5 Å². The molecule has 1 amide bonds. The smallest absolute Gasteiger partial charge is 0.256 e. The van der Waals surface area contributed by atoms with Gasteiger partial charge in [-0.25, -0.2) is 0 Å². The van der Waals surface area contributed by atoms with Crippen LogP contribution in [0.25, 0.3) is 0 Å². The van der Waals surface area contributed by atoms with Crippen LogP contribution in [-0.2, 0) is 6.42 Å². The molecule has 3 aliphatic rings. The average Bonchev–Trinajstić information content (AvgIpc) is 2.47. The van der Waals surface area contributed by atoms with Gasteiger partial charge in [0, 0.05) is 19.2 Å². The van der Waals surface area contributed by atoms with Crippen LogP contribution in [-0.4, -0.2) is 28.4 Å². The number of piperidine rings is 1. The Labute approximate surface area is 112 Å². The van der Waals surface area contributed by atoms with Gasteiger partial charge in [0.25, 0.3) is 5.91 Å². The quantitative estimate of drug-likeness (QED) is 0.710. The number of amides is 1. The fraction of sp³-hybridized carbons (Fsp3) is 0.375. The molecule has 1 unspecified atom stereocenters. The molecule has 3 heterocycles. The Kier molecular flexibility index (Phi) is 2.34. The largest absolute Gasteiger partial charge is 0.331 e. The fourth-order valence-electron chi connectivity index (χ4n) is 3.50. The van der Waals surface area contributed by atoms with Crippen LogP contribution in [0.15, 0.2) is 41.6 Å². The standard InChI is InChI=1S/C16H16N2O/c19-16-13-6-3-8-17-14(13)10-15-12-5-2-1-4-11(12)7-9-18(15)16/h3-6,8,15H,1-2,7,9-10H2. The minimum Gasteiger partial charge on any atom is -0.331 e. The Balaban J connectivity index is 1.80. The van der Waals surface area contributed by atoms with Gasteiger partial charge in [-0.3, -0.25) is 9.78 Å². The van der Waals surface area contributed by atoms with E-state index in [2.05, 4.69) is 17.1 Å². The zero-order valence-corrected chi connectivity index (χ0v) is 10.8. The highest BCUT2D eigenvalue weighted by Gasteiger charge is 2.38. The summed E-state index contributed by atoms with van der Waals surface area (Å²) in [6.45, 7) is 0.848. The molecule has 1 aromatic heterocycles. The predicted octanol–water partition coefficient (Wildman–Crippen LogP) is 2.50. The third-order valence-electron chi connectivity index (χ3n) is 4.42.